The van der Waals surface area contributed by atoms with Crippen LogP contribution in [0.4, 0.5) is 11.4 Å². The van der Waals surface area contributed by atoms with E-state index in [-0.39, 0.29) is 29.5 Å². The topological polar surface area (TPSA) is 108 Å². The first-order valence-corrected chi connectivity index (χ1v) is 13.4. The lowest BCUT2D eigenvalue weighted by Gasteiger charge is -2.49. The Morgan fingerprint density at radius 2 is 1.89 bits per heavy atom. The Morgan fingerprint density at radius 3 is 2.66 bits per heavy atom. The van der Waals surface area contributed by atoms with Gasteiger partial charge in [0.2, 0.25) is 11.8 Å². The maximum atomic E-state index is 13.6. The molecule has 2 aromatic rings. The number of nitro benzene ring substituents is 1. The number of anilines is 1. The summed E-state index contributed by atoms with van der Waals surface area (Å²) in [7, 11) is 1.63. The first kappa shape index (κ1) is 26.0. The molecule has 3 aliphatic heterocycles. The van der Waals surface area contributed by atoms with Crippen molar-refractivity contribution in [3.05, 3.63) is 63.7 Å². The molecule has 38 heavy (non-hydrogen) atoms. The molecule has 1 N–H and O–H groups in total. The van der Waals surface area contributed by atoms with Gasteiger partial charge in [-0.05, 0) is 48.9 Å². The number of amides is 2. The Labute approximate surface area is 222 Å². The molecule has 0 saturated carbocycles. The Hall–Kier alpha value is -3.66. The zero-order valence-electron chi connectivity index (χ0n) is 21.8. The summed E-state index contributed by atoms with van der Waals surface area (Å²) in [4.78, 5) is 43.7. The van der Waals surface area contributed by atoms with Gasteiger partial charge < -0.3 is 19.9 Å². The molecule has 2 saturated heterocycles. The lowest BCUT2D eigenvalue weighted by atomic mass is 9.83. The second-order valence-corrected chi connectivity index (χ2v) is 10.3. The van der Waals surface area contributed by atoms with E-state index in [1.165, 1.54) is 6.07 Å². The minimum atomic E-state index is -0.392. The number of carbonyl (C=O) groups is 2. The van der Waals surface area contributed by atoms with Gasteiger partial charge in [0.05, 0.1) is 30.5 Å². The van der Waals surface area contributed by atoms with E-state index in [0.29, 0.717) is 45.6 Å². The highest BCUT2D eigenvalue weighted by Gasteiger charge is 2.42. The van der Waals surface area contributed by atoms with Crippen LogP contribution >= 0.6 is 0 Å². The molecule has 2 amide bonds. The number of nitrogens with zero attached hydrogens (tertiary/aromatic N) is 4. The van der Waals surface area contributed by atoms with Gasteiger partial charge in [-0.3, -0.25) is 24.6 Å². The minimum Gasteiger partial charge on any atom is -0.496 e. The van der Waals surface area contributed by atoms with Crippen LogP contribution in [0.15, 0.2) is 42.5 Å². The predicted octanol–water partition coefficient (Wildman–Crippen LogP) is 2.25. The summed E-state index contributed by atoms with van der Waals surface area (Å²) in [5.41, 5.74) is 2.82. The smallest absolute Gasteiger partial charge is 0.269 e. The van der Waals surface area contributed by atoms with Crippen molar-refractivity contribution < 1.29 is 19.2 Å². The summed E-state index contributed by atoms with van der Waals surface area (Å²) in [5.74, 6) is 0.490. The zero-order chi connectivity index (χ0) is 26.6. The number of rotatable bonds is 8. The standard InChI is InChI=1S/C28H35N5O5/c1-38-26-7-3-2-6-20(26)10-11-29-28(35)23-17-21-16-22(33(36)37)8-9-24(21)32-15-14-30(18-25(23)32)19-27(34)31-12-4-5-13-31/h2-3,6-9,16,23,25H,4-5,10-15,17-19H2,1H3,(H,29,35)/t23-,25-/m1/s1. The van der Waals surface area contributed by atoms with Crippen LogP contribution in [0.1, 0.15) is 24.0 Å². The summed E-state index contributed by atoms with van der Waals surface area (Å²) in [6.07, 6.45) is 3.17. The van der Waals surface area contributed by atoms with Crippen LogP contribution in [0.2, 0.25) is 0 Å². The van der Waals surface area contributed by atoms with Gasteiger partial charge >= 0.3 is 0 Å². The van der Waals surface area contributed by atoms with E-state index < -0.39 is 4.92 Å². The predicted molar refractivity (Wildman–Crippen MR) is 143 cm³/mol. The average molecular weight is 522 g/mol. The van der Waals surface area contributed by atoms with Gasteiger partial charge in [-0.25, -0.2) is 0 Å². The fourth-order valence-electron chi connectivity index (χ4n) is 6.04. The largest absolute Gasteiger partial charge is 0.496 e. The van der Waals surface area contributed by atoms with E-state index in [9.17, 15) is 19.7 Å². The second kappa shape index (κ2) is 11.4. The van der Waals surface area contributed by atoms with Crippen LogP contribution in [0.3, 0.4) is 0 Å². The van der Waals surface area contributed by atoms with Crippen molar-refractivity contribution >= 4 is 23.2 Å². The Bertz CT molecular complexity index is 1200. The third-order valence-electron chi connectivity index (χ3n) is 8.03. The van der Waals surface area contributed by atoms with E-state index in [1.54, 1.807) is 19.2 Å². The Kier molecular flexibility index (Phi) is 7.78. The van der Waals surface area contributed by atoms with Crippen molar-refractivity contribution in [3.63, 3.8) is 0 Å². The van der Waals surface area contributed by atoms with Gasteiger partial charge in [0.15, 0.2) is 0 Å². The molecule has 202 valence electrons. The van der Waals surface area contributed by atoms with Crippen LogP contribution < -0.4 is 15.0 Å². The van der Waals surface area contributed by atoms with Crippen LogP contribution in [0.25, 0.3) is 0 Å². The highest BCUT2D eigenvalue weighted by Crippen LogP contribution is 2.38. The molecule has 0 unspecified atom stereocenters. The summed E-state index contributed by atoms with van der Waals surface area (Å²) < 4.78 is 5.43. The molecule has 2 fully saturated rings. The number of piperazine rings is 1. The molecule has 3 heterocycles. The number of likely N-dealkylation sites (tertiary alicyclic amines) is 1. The van der Waals surface area contributed by atoms with Crippen LogP contribution in [-0.2, 0) is 22.4 Å². The van der Waals surface area contributed by atoms with E-state index in [1.807, 2.05) is 29.2 Å². The first-order chi connectivity index (χ1) is 18.4. The van der Waals surface area contributed by atoms with Gasteiger partial charge in [-0.2, -0.15) is 0 Å². The summed E-state index contributed by atoms with van der Waals surface area (Å²) in [6, 6.07) is 12.6. The highest BCUT2D eigenvalue weighted by atomic mass is 16.6. The van der Waals surface area contributed by atoms with Crippen LogP contribution in [0, 0.1) is 16.0 Å². The number of non-ortho nitro benzene ring substituents is 1. The van der Waals surface area contributed by atoms with Crippen molar-refractivity contribution in [1.82, 2.24) is 15.1 Å². The number of ether oxygens (including phenoxy) is 1. The van der Waals surface area contributed by atoms with Gasteiger partial charge in [0, 0.05) is 57.1 Å². The number of hydrogen-bond acceptors (Lipinski definition) is 7. The molecule has 2 aromatic carbocycles. The van der Waals surface area contributed by atoms with Crippen LogP contribution in [-0.4, -0.2) is 85.5 Å². The summed E-state index contributed by atoms with van der Waals surface area (Å²) in [5, 5.41) is 14.5. The molecule has 0 bridgehead atoms. The maximum absolute atomic E-state index is 13.6. The monoisotopic (exact) mass is 521 g/mol. The molecular formula is C28H35N5O5. The van der Waals surface area contributed by atoms with E-state index in [2.05, 4.69) is 15.1 Å². The Morgan fingerprint density at radius 1 is 1.11 bits per heavy atom. The van der Waals surface area contributed by atoms with Crippen molar-refractivity contribution in [3.8, 4) is 5.75 Å². The molecule has 0 spiro atoms. The third-order valence-corrected chi connectivity index (χ3v) is 8.03. The quantitative estimate of drug-likeness (QED) is 0.419. The lowest BCUT2D eigenvalue weighted by molar-refractivity contribution is -0.384. The molecule has 10 nitrogen and oxygen atoms in total. The molecule has 0 radical (unpaired) electrons. The molecule has 0 aliphatic carbocycles. The van der Waals surface area contributed by atoms with Crippen molar-refractivity contribution in [2.24, 2.45) is 5.92 Å². The number of hydrogen-bond donors (Lipinski definition) is 1. The number of para-hydroxylation sites is 1. The average Bonchev–Trinajstić information content (AvgIpc) is 3.48. The van der Waals surface area contributed by atoms with Gasteiger partial charge in [-0.15, -0.1) is 0 Å². The highest BCUT2D eigenvalue weighted by molar-refractivity contribution is 5.82. The van der Waals surface area contributed by atoms with Crippen molar-refractivity contribution in [2.45, 2.75) is 31.7 Å². The van der Waals surface area contributed by atoms with Gasteiger partial charge in [0.1, 0.15) is 5.75 Å². The third kappa shape index (κ3) is 5.45. The van der Waals surface area contributed by atoms with Crippen LogP contribution in [0.5, 0.6) is 5.75 Å². The number of carbonyl (C=O) groups excluding carboxylic acids is 2. The fraction of sp³-hybridized carbons (Fsp3) is 0.500. The van der Waals surface area contributed by atoms with E-state index in [4.69, 9.17) is 4.74 Å². The molecule has 5 rings (SSSR count). The summed E-state index contributed by atoms with van der Waals surface area (Å²) in [6.45, 7) is 4.43. The van der Waals surface area contributed by atoms with E-state index >= 15 is 0 Å². The SMILES string of the molecule is COc1ccccc1CCNC(=O)[C@@H]1Cc2cc([N+](=O)[O-])ccc2N2CCN(CC(=O)N3CCCC3)C[C@H]12. The number of nitrogens with one attached hydrogen (secondary N) is 1. The number of benzene rings is 2. The fourth-order valence-corrected chi connectivity index (χ4v) is 6.04. The first-order valence-electron chi connectivity index (χ1n) is 13.4. The second-order valence-electron chi connectivity index (χ2n) is 10.3. The summed E-state index contributed by atoms with van der Waals surface area (Å²) >= 11 is 0. The van der Waals surface area contributed by atoms with Crippen molar-refractivity contribution in [1.29, 1.82) is 0 Å². The zero-order valence-corrected chi connectivity index (χ0v) is 21.8. The molecule has 0 aromatic heterocycles. The van der Waals surface area contributed by atoms with Gasteiger partial charge in [-0.1, -0.05) is 18.2 Å². The minimum absolute atomic E-state index is 0.0346. The molecule has 3 aliphatic rings. The normalized spacial score (nSPS) is 21.0. The van der Waals surface area contributed by atoms with E-state index in [0.717, 1.165) is 48.5 Å². The van der Waals surface area contributed by atoms with Gasteiger partial charge in [0.25, 0.3) is 5.69 Å². The maximum Gasteiger partial charge on any atom is 0.269 e. The lowest BCUT2D eigenvalue weighted by Crippen LogP contribution is -2.62. The number of methoxy groups -OCH3 is 1. The molecule has 2 atom stereocenters. The molecular weight excluding hydrogens is 486 g/mol. The van der Waals surface area contributed by atoms with Crippen molar-refractivity contribution in [2.75, 3.05) is 57.8 Å². The number of fused-ring (bicyclic) bond motifs is 3. The number of nitro groups is 1. The Balaban J connectivity index is 1.32. The molecule has 10 heteroatoms.